The first kappa shape index (κ1) is 26.2. The number of methoxy groups -OCH3 is 1. The Morgan fingerprint density at radius 2 is 1.86 bits per heavy atom. The van der Waals surface area contributed by atoms with Crippen molar-refractivity contribution in [2.45, 2.75) is 19.8 Å². The number of nitrogens with zero attached hydrogens (tertiary/aromatic N) is 3. The van der Waals surface area contributed by atoms with Gasteiger partial charge in [-0.1, -0.05) is 11.6 Å². The number of aromatic hydroxyl groups is 1. The standard InChI is InChI=1S/C25H25ClF2N4O3.ClH/c1-12-20-22-21(23(29-25(20)31-30-12)14-8-15(26)18(33)9-16(14)27)17(28)10-19(24(22)34-3)35-11-13-4-6-32(2)7-5-13;/h8-10,13,33H,4-7,11H2,1-3H3,(H,29,30,31);1H. The van der Waals surface area contributed by atoms with Gasteiger partial charge in [-0.2, -0.15) is 5.10 Å². The monoisotopic (exact) mass is 538 g/mol. The molecule has 2 aromatic heterocycles. The number of rotatable bonds is 5. The van der Waals surface area contributed by atoms with E-state index >= 15 is 4.39 Å². The van der Waals surface area contributed by atoms with E-state index in [9.17, 15) is 9.50 Å². The Labute approximate surface area is 217 Å². The third-order valence-electron chi connectivity index (χ3n) is 6.64. The summed E-state index contributed by atoms with van der Waals surface area (Å²) in [5.41, 5.74) is 0.842. The Morgan fingerprint density at radius 3 is 2.56 bits per heavy atom. The van der Waals surface area contributed by atoms with Crippen molar-refractivity contribution < 1.29 is 23.4 Å². The molecule has 1 aliphatic heterocycles. The number of phenolic OH excluding ortho intramolecular Hbond substituents is 1. The van der Waals surface area contributed by atoms with Gasteiger partial charge in [-0.3, -0.25) is 5.10 Å². The van der Waals surface area contributed by atoms with Crippen molar-refractivity contribution in [3.63, 3.8) is 0 Å². The van der Waals surface area contributed by atoms with Gasteiger partial charge in [0.25, 0.3) is 0 Å². The van der Waals surface area contributed by atoms with E-state index in [0.29, 0.717) is 34.7 Å². The van der Waals surface area contributed by atoms with Gasteiger partial charge in [-0.15, -0.1) is 12.4 Å². The zero-order valence-corrected chi connectivity index (χ0v) is 21.6. The topological polar surface area (TPSA) is 83.5 Å². The van der Waals surface area contributed by atoms with E-state index in [1.165, 1.54) is 19.2 Å². The van der Waals surface area contributed by atoms with Crippen LogP contribution in [0, 0.1) is 24.5 Å². The molecular formula is C25H26Cl2F2N4O3. The fourth-order valence-electron chi connectivity index (χ4n) is 4.70. The number of fused-ring (bicyclic) bond motifs is 3. The van der Waals surface area contributed by atoms with Crippen LogP contribution in [0.1, 0.15) is 18.5 Å². The van der Waals surface area contributed by atoms with Crippen LogP contribution in [0.25, 0.3) is 33.1 Å². The third kappa shape index (κ3) is 4.51. The SMILES string of the molecule is COc1c(OCC2CCN(C)CC2)cc(F)c2c(-c3cc(Cl)c(O)cc3F)nc3n[nH]c(C)c3c12.Cl. The summed E-state index contributed by atoms with van der Waals surface area (Å²) in [6.07, 6.45) is 1.99. The molecule has 0 amide bonds. The lowest BCUT2D eigenvalue weighted by Crippen LogP contribution is -2.32. The molecule has 2 N–H and O–H groups in total. The highest BCUT2D eigenvalue weighted by atomic mass is 35.5. The molecule has 0 unspecified atom stereocenters. The van der Waals surface area contributed by atoms with E-state index in [4.69, 9.17) is 21.1 Å². The smallest absolute Gasteiger partial charge is 0.182 e. The van der Waals surface area contributed by atoms with Crippen LogP contribution in [-0.2, 0) is 0 Å². The summed E-state index contributed by atoms with van der Waals surface area (Å²) in [7, 11) is 3.57. The fraction of sp³-hybridized carbons (Fsp3) is 0.360. The predicted octanol–water partition coefficient (Wildman–Crippen LogP) is 5.87. The quantitative estimate of drug-likeness (QED) is 0.330. The Hall–Kier alpha value is -2.88. The first-order valence-electron chi connectivity index (χ1n) is 11.3. The lowest BCUT2D eigenvalue weighted by molar-refractivity contribution is 0.157. The number of hydrogen-bond acceptors (Lipinski definition) is 6. The number of H-pyrrole nitrogens is 1. The number of halogens is 4. The van der Waals surface area contributed by atoms with Crippen molar-refractivity contribution in [3.05, 3.63) is 40.6 Å². The minimum absolute atomic E-state index is 0. The molecule has 1 aliphatic rings. The lowest BCUT2D eigenvalue weighted by Gasteiger charge is -2.29. The van der Waals surface area contributed by atoms with Crippen molar-refractivity contribution in [1.82, 2.24) is 20.1 Å². The Morgan fingerprint density at radius 1 is 1.14 bits per heavy atom. The summed E-state index contributed by atoms with van der Waals surface area (Å²) < 4.78 is 42.6. The molecule has 2 aromatic carbocycles. The van der Waals surface area contributed by atoms with Gasteiger partial charge in [-0.05, 0) is 51.9 Å². The molecule has 0 bridgehead atoms. The zero-order valence-electron chi connectivity index (χ0n) is 20.0. The van der Waals surface area contributed by atoms with Crippen LogP contribution >= 0.6 is 24.0 Å². The van der Waals surface area contributed by atoms with Gasteiger partial charge in [0.15, 0.2) is 17.1 Å². The fourth-order valence-corrected chi connectivity index (χ4v) is 4.86. The normalized spacial score (nSPS) is 14.8. The predicted molar refractivity (Wildman–Crippen MR) is 138 cm³/mol. The lowest BCUT2D eigenvalue weighted by atomic mass is 9.97. The van der Waals surface area contributed by atoms with Crippen molar-refractivity contribution in [2.75, 3.05) is 33.9 Å². The molecule has 3 heterocycles. The van der Waals surface area contributed by atoms with Crippen LogP contribution in [0.5, 0.6) is 17.2 Å². The summed E-state index contributed by atoms with van der Waals surface area (Å²) in [4.78, 5) is 6.73. The number of aryl methyl sites for hydroxylation is 1. The summed E-state index contributed by atoms with van der Waals surface area (Å²) in [5, 5.41) is 17.8. The van der Waals surface area contributed by atoms with E-state index in [-0.39, 0.29) is 45.5 Å². The minimum Gasteiger partial charge on any atom is -0.506 e. The second-order valence-corrected chi connectivity index (χ2v) is 9.40. The van der Waals surface area contributed by atoms with Gasteiger partial charge in [0.2, 0.25) is 0 Å². The number of ether oxygens (including phenoxy) is 2. The third-order valence-corrected chi connectivity index (χ3v) is 6.94. The maximum atomic E-state index is 15.8. The molecule has 0 saturated carbocycles. The number of aromatic amines is 1. The molecule has 36 heavy (non-hydrogen) atoms. The summed E-state index contributed by atoms with van der Waals surface area (Å²) in [5.74, 6) is -0.929. The van der Waals surface area contributed by atoms with E-state index in [0.717, 1.165) is 32.0 Å². The second kappa shape index (κ2) is 10.2. The molecule has 0 aliphatic carbocycles. The van der Waals surface area contributed by atoms with Gasteiger partial charge in [0.05, 0.1) is 29.8 Å². The largest absolute Gasteiger partial charge is 0.506 e. The molecule has 5 rings (SSSR count). The highest BCUT2D eigenvalue weighted by Gasteiger charge is 2.26. The first-order valence-corrected chi connectivity index (χ1v) is 11.7. The van der Waals surface area contributed by atoms with Crippen molar-refractivity contribution >= 4 is 45.8 Å². The molecule has 192 valence electrons. The van der Waals surface area contributed by atoms with Gasteiger partial charge in [0, 0.05) is 34.2 Å². The zero-order chi connectivity index (χ0) is 24.9. The maximum absolute atomic E-state index is 15.8. The van der Waals surface area contributed by atoms with Gasteiger partial charge in [-0.25, -0.2) is 13.8 Å². The Balaban J connectivity index is 0.00000304. The molecule has 1 fully saturated rings. The van der Waals surface area contributed by atoms with Gasteiger partial charge in [0.1, 0.15) is 17.4 Å². The molecular weight excluding hydrogens is 513 g/mol. The maximum Gasteiger partial charge on any atom is 0.182 e. The van der Waals surface area contributed by atoms with Crippen LogP contribution in [0.4, 0.5) is 8.78 Å². The van der Waals surface area contributed by atoms with Crippen molar-refractivity contribution in [3.8, 4) is 28.5 Å². The number of piperidine rings is 1. The van der Waals surface area contributed by atoms with Crippen molar-refractivity contribution in [2.24, 2.45) is 5.92 Å². The van der Waals surface area contributed by atoms with Crippen LogP contribution in [0.15, 0.2) is 18.2 Å². The Bertz CT molecular complexity index is 1440. The molecule has 0 atom stereocenters. The van der Waals surface area contributed by atoms with E-state index in [2.05, 4.69) is 27.1 Å². The molecule has 11 heteroatoms. The second-order valence-electron chi connectivity index (χ2n) is 8.99. The van der Waals surface area contributed by atoms with Crippen molar-refractivity contribution in [1.29, 1.82) is 0 Å². The summed E-state index contributed by atoms with van der Waals surface area (Å²) in [6, 6.07) is 3.34. The number of phenols is 1. The van der Waals surface area contributed by atoms with E-state index < -0.39 is 17.4 Å². The molecule has 0 spiro atoms. The van der Waals surface area contributed by atoms with Gasteiger partial charge < -0.3 is 19.5 Å². The van der Waals surface area contributed by atoms with Gasteiger partial charge >= 0.3 is 0 Å². The molecule has 0 radical (unpaired) electrons. The summed E-state index contributed by atoms with van der Waals surface area (Å²) in [6.45, 7) is 4.20. The first-order chi connectivity index (χ1) is 16.8. The molecule has 1 saturated heterocycles. The number of nitrogens with one attached hydrogen (secondary N) is 1. The Kier molecular flexibility index (Phi) is 7.45. The number of pyridine rings is 1. The minimum atomic E-state index is -0.798. The summed E-state index contributed by atoms with van der Waals surface area (Å²) >= 11 is 6.05. The van der Waals surface area contributed by atoms with Crippen LogP contribution in [0.3, 0.4) is 0 Å². The molecule has 7 nitrogen and oxygen atoms in total. The van der Waals surface area contributed by atoms with E-state index in [1.807, 2.05) is 0 Å². The van der Waals surface area contributed by atoms with Crippen LogP contribution in [-0.4, -0.2) is 59.0 Å². The highest BCUT2D eigenvalue weighted by molar-refractivity contribution is 6.32. The number of hydrogen-bond donors (Lipinski definition) is 2. The average molecular weight is 539 g/mol. The van der Waals surface area contributed by atoms with Crippen LogP contribution < -0.4 is 9.47 Å². The van der Waals surface area contributed by atoms with E-state index in [1.54, 1.807) is 6.92 Å². The molecule has 4 aromatic rings. The number of aromatic nitrogens is 3. The highest BCUT2D eigenvalue weighted by Crippen LogP contribution is 2.46. The number of likely N-dealkylation sites (tertiary alicyclic amines) is 1. The average Bonchev–Trinajstić information content (AvgIpc) is 3.21. The van der Waals surface area contributed by atoms with Crippen LogP contribution in [0.2, 0.25) is 5.02 Å². The number of benzene rings is 2.